The van der Waals surface area contributed by atoms with E-state index in [0.717, 1.165) is 29.5 Å². The van der Waals surface area contributed by atoms with E-state index in [9.17, 15) is 23.1 Å². The highest BCUT2D eigenvalue weighted by molar-refractivity contribution is 7.88. The van der Waals surface area contributed by atoms with E-state index in [2.05, 4.69) is 0 Å². The Balaban J connectivity index is 1.65. The number of methoxy groups -OCH3 is 1. The van der Waals surface area contributed by atoms with Gasteiger partial charge in [-0.2, -0.15) is 4.31 Å². The molecule has 3 aromatic carbocycles. The maximum absolute atomic E-state index is 14.7. The molecule has 1 amide bonds. The van der Waals surface area contributed by atoms with Crippen LogP contribution >= 0.6 is 23.2 Å². The van der Waals surface area contributed by atoms with Crippen molar-refractivity contribution < 1.29 is 27.9 Å². The van der Waals surface area contributed by atoms with Crippen LogP contribution in [0.2, 0.25) is 10.0 Å². The Hall–Kier alpha value is -3.11. The fraction of sp³-hybridized carbons (Fsp3) is 0.412. The molecule has 0 spiro atoms. The fourth-order valence-corrected chi connectivity index (χ4v) is 7.82. The lowest BCUT2D eigenvalue weighted by molar-refractivity contribution is -0.161. The van der Waals surface area contributed by atoms with Crippen molar-refractivity contribution in [3.05, 3.63) is 99.5 Å². The summed E-state index contributed by atoms with van der Waals surface area (Å²) in [5, 5.41) is 11.0. The highest BCUT2D eigenvalue weighted by Gasteiger charge is 2.55. The minimum absolute atomic E-state index is 0.0468. The first-order valence-electron chi connectivity index (χ1n) is 14.9. The van der Waals surface area contributed by atoms with Crippen molar-refractivity contribution in [1.82, 2.24) is 9.21 Å². The van der Waals surface area contributed by atoms with Crippen molar-refractivity contribution in [2.45, 2.75) is 57.2 Å². The summed E-state index contributed by atoms with van der Waals surface area (Å²) in [7, 11) is -2.17. The molecule has 1 aliphatic heterocycles. The number of piperidine rings is 1. The van der Waals surface area contributed by atoms with Gasteiger partial charge in [-0.3, -0.25) is 9.59 Å². The minimum atomic E-state index is -3.72. The number of rotatable bonds is 12. The van der Waals surface area contributed by atoms with E-state index < -0.39 is 33.5 Å². The average Bonchev–Trinajstić information content (AvgIpc) is 3.82. The van der Waals surface area contributed by atoms with E-state index in [-0.39, 0.29) is 43.7 Å². The molecule has 8 nitrogen and oxygen atoms in total. The zero-order chi connectivity index (χ0) is 32.5. The molecule has 4 atom stereocenters. The second kappa shape index (κ2) is 13.3. The Labute approximate surface area is 274 Å². The Kier molecular flexibility index (Phi) is 9.84. The summed E-state index contributed by atoms with van der Waals surface area (Å²) in [5.74, 6) is -1.03. The van der Waals surface area contributed by atoms with Gasteiger partial charge in [-0.15, -0.1) is 0 Å². The summed E-state index contributed by atoms with van der Waals surface area (Å²) in [6.07, 6.45) is 2.75. The van der Waals surface area contributed by atoms with E-state index in [1.807, 2.05) is 47.4 Å². The molecule has 0 bridgehead atoms. The van der Waals surface area contributed by atoms with Crippen molar-refractivity contribution in [2.75, 3.05) is 19.9 Å². The standard InChI is InChI=1S/C34H38Cl2N2O6S/c1-34(19-31(39)40)18-29(25-7-5-8-27(36)17-25)32(24-12-14-26(35)15-13-24)38(33(34)41)30(23-10-11-23)21-37(45(3,42)43)20-22-6-4-9-28(16-22)44-2/h4-9,12-17,23,29-30,32H,10-11,18-21H2,1-3H3,(H,39,40)/t29?,30?,32?,34-/m1/s1. The number of hydrogen-bond acceptors (Lipinski definition) is 5. The van der Waals surface area contributed by atoms with E-state index in [1.165, 1.54) is 10.6 Å². The molecule has 0 radical (unpaired) electrons. The molecule has 1 aliphatic carbocycles. The third-order valence-corrected chi connectivity index (χ3v) is 10.7. The van der Waals surface area contributed by atoms with Crippen molar-refractivity contribution in [1.29, 1.82) is 0 Å². The van der Waals surface area contributed by atoms with Gasteiger partial charge in [-0.25, -0.2) is 8.42 Å². The number of aliphatic carboxylic acids is 1. The molecule has 1 saturated carbocycles. The molecule has 3 unspecified atom stereocenters. The van der Waals surface area contributed by atoms with Crippen LogP contribution in [0, 0.1) is 11.3 Å². The van der Waals surface area contributed by atoms with E-state index in [1.54, 1.807) is 44.4 Å². The van der Waals surface area contributed by atoms with Gasteiger partial charge in [0.2, 0.25) is 15.9 Å². The number of carbonyl (C=O) groups excluding carboxylic acids is 1. The number of likely N-dealkylation sites (tertiary alicyclic amines) is 1. The largest absolute Gasteiger partial charge is 0.497 e. The van der Waals surface area contributed by atoms with Gasteiger partial charge in [0, 0.05) is 35.1 Å². The molecular weight excluding hydrogens is 635 g/mol. The smallest absolute Gasteiger partial charge is 0.304 e. The molecule has 2 fully saturated rings. The predicted molar refractivity (Wildman–Crippen MR) is 175 cm³/mol. The van der Waals surface area contributed by atoms with Gasteiger partial charge < -0.3 is 14.7 Å². The molecule has 11 heteroatoms. The van der Waals surface area contributed by atoms with Crippen LogP contribution in [0.25, 0.3) is 0 Å². The molecule has 1 N–H and O–H groups in total. The van der Waals surface area contributed by atoms with Gasteiger partial charge >= 0.3 is 5.97 Å². The number of halogens is 2. The molecule has 240 valence electrons. The van der Waals surface area contributed by atoms with Crippen molar-refractivity contribution in [2.24, 2.45) is 11.3 Å². The summed E-state index contributed by atoms with van der Waals surface area (Å²) in [6, 6.07) is 21.0. The molecule has 3 aromatic rings. The summed E-state index contributed by atoms with van der Waals surface area (Å²) < 4.78 is 33.4. The lowest BCUT2D eigenvalue weighted by atomic mass is 9.67. The quantitative estimate of drug-likeness (QED) is 0.227. The van der Waals surface area contributed by atoms with E-state index in [0.29, 0.717) is 15.8 Å². The molecule has 5 rings (SSSR count). The van der Waals surface area contributed by atoms with Crippen LogP contribution in [-0.4, -0.2) is 60.6 Å². The molecule has 0 aromatic heterocycles. The Bertz CT molecular complexity index is 1660. The SMILES string of the molecule is COc1cccc(CN(CC(C2CC2)N2C(=O)[C@@](C)(CC(=O)O)CC(c3cccc(Cl)c3)C2c2ccc(Cl)cc2)S(C)(=O)=O)c1. The molecule has 1 heterocycles. The second-order valence-corrected chi connectivity index (χ2v) is 15.4. The number of hydrogen-bond donors (Lipinski definition) is 1. The number of carboxylic acid groups (broad SMARTS) is 1. The second-order valence-electron chi connectivity index (χ2n) is 12.5. The van der Waals surface area contributed by atoms with Crippen LogP contribution in [0.5, 0.6) is 5.75 Å². The Morgan fingerprint density at radius 1 is 1.04 bits per heavy atom. The normalized spacial score (nSPS) is 22.8. The predicted octanol–water partition coefficient (Wildman–Crippen LogP) is 6.78. The van der Waals surface area contributed by atoms with Gasteiger partial charge in [-0.05, 0) is 78.3 Å². The van der Waals surface area contributed by atoms with Crippen molar-refractivity contribution in [3.63, 3.8) is 0 Å². The van der Waals surface area contributed by atoms with Crippen molar-refractivity contribution >= 4 is 45.1 Å². The summed E-state index contributed by atoms with van der Waals surface area (Å²) in [6.45, 7) is 1.86. The number of nitrogens with zero attached hydrogens (tertiary/aromatic N) is 2. The van der Waals surface area contributed by atoms with Crippen LogP contribution in [0.4, 0.5) is 0 Å². The lowest BCUT2D eigenvalue weighted by Crippen LogP contribution is -2.59. The number of benzene rings is 3. The topological polar surface area (TPSA) is 104 Å². The van der Waals surface area contributed by atoms with E-state index >= 15 is 0 Å². The molecule has 45 heavy (non-hydrogen) atoms. The summed E-state index contributed by atoms with van der Waals surface area (Å²) in [5.41, 5.74) is 1.22. The van der Waals surface area contributed by atoms with Gasteiger partial charge in [0.15, 0.2) is 0 Å². The maximum Gasteiger partial charge on any atom is 0.304 e. The number of amides is 1. The fourth-order valence-electron chi connectivity index (χ4n) is 6.69. The van der Waals surface area contributed by atoms with Gasteiger partial charge in [0.25, 0.3) is 0 Å². The summed E-state index contributed by atoms with van der Waals surface area (Å²) in [4.78, 5) is 28.7. The lowest BCUT2D eigenvalue weighted by Gasteiger charge is -2.52. The number of carbonyl (C=O) groups is 2. The van der Waals surface area contributed by atoms with Gasteiger partial charge in [0.05, 0.1) is 31.2 Å². The highest BCUT2D eigenvalue weighted by Crippen LogP contribution is 2.54. The number of sulfonamides is 1. The van der Waals surface area contributed by atoms with Gasteiger partial charge in [0.1, 0.15) is 5.75 Å². The molecule has 1 saturated heterocycles. The first-order chi connectivity index (χ1) is 21.3. The zero-order valence-corrected chi connectivity index (χ0v) is 27.9. The zero-order valence-electron chi connectivity index (χ0n) is 25.5. The van der Waals surface area contributed by atoms with Crippen molar-refractivity contribution in [3.8, 4) is 5.75 Å². The molecular formula is C34H38Cl2N2O6S. The van der Waals surface area contributed by atoms with Crippen LogP contribution in [0.3, 0.4) is 0 Å². The average molecular weight is 674 g/mol. The van der Waals surface area contributed by atoms with Crippen LogP contribution in [0.1, 0.15) is 61.3 Å². The Morgan fingerprint density at radius 3 is 2.33 bits per heavy atom. The first kappa shape index (κ1) is 33.3. The first-order valence-corrected chi connectivity index (χ1v) is 17.5. The highest BCUT2D eigenvalue weighted by atomic mass is 35.5. The number of carboxylic acids is 1. The third-order valence-electron chi connectivity index (χ3n) is 9.01. The van der Waals surface area contributed by atoms with Crippen LogP contribution in [-0.2, 0) is 26.2 Å². The maximum atomic E-state index is 14.7. The van der Waals surface area contributed by atoms with Crippen LogP contribution in [0.15, 0.2) is 72.8 Å². The van der Waals surface area contributed by atoms with Gasteiger partial charge in [-0.1, -0.05) is 66.5 Å². The number of ether oxygens (including phenoxy) is 1. The Morgan fingerprint density at radius 2 is 1.73 bits per heavy atom. The van der Waals surface area contributed by atoms with E-state index in [4.69, 9.17) is 27.9 Å². The van der Waals surface area contributed by atoms with Crippen LogP contribution < -0.4 is 4.74 Å². The molecule has 2 aliphatic rings. The monoisotopic (exact) mass is 672 g/mol. The summed E-state index contributed by atoms with van der Waals surface area (Å²) >= 11 is 12.8. The third kappa shape index (κ3) is 7.65. The minimum Gasteiger partial charge on any atom is -0.497 e.